The Morgan fingerprint density at radius 2 is 2.19 bits per heavy atom. The number of hydrogen-bond donors (Lipinski definition) is 1. The Kier molecular flexibility index (Phi) is 5.85. The van der Waals surface area contributed by atoms with Gasteiger partial charge in [0.05, 0.1) is 23.7 Å². The summed E-state index contributed by atoms with van der Waals surface area (Å²) in [4.78, 5) is 16.9. The van der Waals surface area contributed by atoms with E-state index in [4.69, 9.17) is 4.74 Å². The van der Waals surface area contributed by atoms with Crippen molar-refractivity contribution in [2.75, 3.05) is 13.2 Å². The molecule has 3 heterocycles. The van der Waals surface area contributed by atoms with E-state index in [1.165, 1.54) is 0 Å². The predicted molar refractivity (Wildman–Crippen MR) is 103 cm³/mol. The fourth-order valence-electron chi connectivity index (χ4n) is 2.88. The number of fused-ring (bicyclic) bond motifs is 1. The zero-order valence-corrected chi connectivity index (χ0v) is 16.3. The topological polar surface area (TPSA) is 86.3 Å². The molecule has 1 N–H and O–H groups in total. The van der Waals surface area contributed by atoms with Crippen molar-refractivity contribution >= 4 is 11.6 Å². The van der Waals surface area contributed by atoms with Gasteiger partial charge in [-0.2, -0.15) is 10.2 Å². The Bertz CT molecular complexity index is 928. The van der Waals surface area contributed by atoms with Gasteiger partial charge < -0.3 is 10.1 Å². The van der Waals surface area contributed by atoms with Crippen LogP contribution in [-0.2, 0) is 11.3 Å². The van der Waals surface area contributed by atoms with Crippen LogP contribution >= 0.6 is 0 Å². The molecule has 8 nitrogen and oxygen atoms in total. The summed E-state index contributed by atoms with van der Waals surface area (Å²) >= 11 is 0. The monoisotopic (exact) mass is 370 g/mol. The molecule has 0 aliphatic rings. The molecule has 0 atom stereocenters. The van der Waals surface area contributed by atoms with E-state index in [0.717, 1.165) is 29.9 Å². The van der Waals surface area contributed by atoms with Crippen LogP contribution in [0, 0.1) is 6.92 Å². The first kappa shape index (κ1) is 19.0. The number of carbonyl (C=O) groups excluding carboxylic acids is 1. The van der Waals surface area contributed by atoms with Crippen LogP contribution in [0.15, 0.2) is 24.7 Å². The molecular formula is C19H26N6O2. The number of rotatable bonds is 8. The number of hydrogen-bond acceptors (Lipinski definition) is 5. The van der Waals surface area contributed by atoms with E-state index in [1.54, 1.807) is 16.9 Å². The van der Waals surface area contributed by atoms with Crippen LogP contribution in [0.1, 0.15) is 43.2 Å². The number of ether oxygens (including phenoxy) is 1. The lowest BCUT2D eigenvalue weighted by molar-refractivity contribution is 0.0757. The fraction of sp³-hybridized carbons (Fsp3) is 0.474. The summed E-state index contributed by atoms with van der Waals surface area (Å²) in [5, 5.41) is 11.8. The quantitative estimate of drug-likeness (QED) is 0.616. The normalized spacial score (nSPS) is 11.4. The summed E-state index contributed by atoms with van der Waals surface area (Å²) in [7, 11) is 0. The molecule has 0 aliphatic carbocycles. The highest BCUT2D eigenvalue weighted by Crippen LogP contribution is 2.23. The minimum atomic E-state index is -0.180. The smallest absolute Gasteiger partial charge is 0.256 e. The Labute approximate surface area is 158 Å². The van der Waals surface area contributed by atoms with Crippen molar-refractivity contribution in [3.63, 3.8) is 0 Å². The zero-order chi connectivity index (χ0) is 19.4. The maximum Gasteiger partial charge on any atom is 0.256 e. The van der Waals surface area contributed by atoms with Crippen LogP contribution in [-0.4, -0.2) is 49.5 Å². The highest BCUT2D eigenvalue weighted by atomic mass is 16.5. The SMILES string of the molecule is CCn1cc(-c2ccnc3c(C(=O)NCCCOC(C)C)cnn23)c(C)n1. The van der Waals surface area contributed by atoms with E-state index in [0.29, 0.717) is 24.4 Å². The first-order valence-electron chi connectivity index (χ1n) is 9.28. The average Bonchev–Trinajstić information content (AvgIpc) is 3.24. The summed E-state index contributed by atoms with van der Waals surface area (Å²) in [6, 6.07) is 1.88. The predicted octanol–water partition coefficient (Wildman–Crippen LogP) is 2.47. The Morgan fingerprint density at radius 1 is 1.37 bits per heavy atom. The molecular weight excluding hydrogens is 344 g/mol. The van der Waals surface area contributed by atoms with Gasteiger partial charge in [0.25, 0.3) is 5.91 Å². The van der Waals surface area contributed by atoms with Crippen molar-refractivity contribution in [2.45, 2.75) is 46.8 Å². The van der Waals surface area contributed by atoms with Crippen molar-refractivity contribution in [1.82, 2.24) is 29.7 Å². The summed E-state index contributed by atoms with van der Waals surface area (Å²) in [5.74, 6) is -0.180. The van der Waals surface area contributed by atoms with E-state index in [-0.39, 0.29) is 12.0 Å². The van der Waals surface area contributed by atoms with Crippen LogP contribution in [0.5, 0.6) is 0 Å². The van der Waals surface area contributed by atoms with Crippen LogP contribution in [0.3, 0.4) is 0 Å². The lowest BCUT2D eigenvalue weighted by Gasteiger charge is -2.08. The number of nitrogens with one attached hydrogen (secondary N) is 1. The Morgan fingerprint density at radius 3 is 2.89 bits per heavy atom. The molecule has 1 amide bonds. The average molecular weight is 370 g/mol. The van der Waals surface area contributed by atoms with Crippen molar-refractivity contribution in [3.8, 4) is 11.3 Å². The van der Waals surface area contributed by atoms with Crippen LogP contribution < -0.4 is 5.32 Å². The third-order valence-electron chi connectivity index (χ3n) is 4.25. The third kappa shape index (κ3) is 4.16. The highest BCUT2D eigenvalue weighted by Gasteiger charge is 2.17. The molecule has 0 aliphatic heterocycles. The number of amides is 1. The second-order valence-electron chi connectivity index (χ2n) is 6.64. The first-order valence-corrected chi connectivity index (χ1v) is 9.28. The van der Waals surface area contributed by atoms with Gasteiger partial charge in [0.2, 0.25) is 0 Å². The number of nitrogens with zero attached hydrogens (tertiary/aromatic N) is 5. The lowest BCUT2D eigenvalue weighted by atomic mass is 10.2. The van der Waals surface area contributed by atoms with Gasteiger partial charge in [-0.1, -0.05) is 0 Å². The van der Waals surface area contributed by atoms with Crippen molar-refractivity contribution in [3.05, 3.63) is 35.9 Å². The molecule has 0 radical (unpaired) electrons. The van der Waals surface area contributed by atoms with E-state index >= 15 is 0 Å². The maximum absolute atomic E-state index is 12.5. The van der Waals surface area contributed by atoms with Gasteiger partial charge in [0.15, 0.2) is 5.65 Å². The number of aromatic nitrogens is 5. The van der Waals surface area contributed by atoms with Gasteiger partial charge >= 0.3 is 0 Å². The van der Waals surface area contributed by atoms with Crippen LogP contribution in [0.4, 0.5) is 0 Å². The number of carbonyl (C=O) groups is 1. The van der Waals surface area contributed by atoms with Gasteiger partial charge in [-0.3, -0.25) is 9.48 Å². The van der Waals surface area contributed by atoms with E-state index < -0.39 is 0 Å². The van der Waals surface area contributed by atoms with Gasteiger partial charge in [0, 0.05) is 37.7 Å². The molecule has 0 unspecified atom stereocenters. The van der Waals surface area contributed by atoms with Gasteiger partial charge in [-0.25, -0.2) is 9.50 Å². The van der Waals surface area contributed by atoms with E-state index in [1.807, 2.05) is 44.6 Å². The molecule has 27 heavy (non-hydrogen) atoms. The maximum atomic E-state index is 12.5. The second-order valence-corrected chi connectivity index (χ2v) is 6.64. The molecule has 0 saturated carbocycles. The molecule has 0 saturated heterocycles. The molecule has 3 aromatic heterocycles. The largest absolute Gasteiger partial charge is 0.379 e. The minimum absolute atomic E-state index is 0.180. The van der Waals surface area contributed by atoms with Gasteiger partial charge in [-0.15, -0.1) is 0 Å². The molecule has 0 bridgehead atoms. The van der Waals surface area contributed by atoms with Crippen molar-refractivity contribution in [2.24, 2.45) is 0 Å². The molecule has 144 valence electrons. The molecule has 0 fully saturated rings. The Balaban J connectivity index is 1.79. The molecule has 3 aromatic rings. The molecule has 0 aromatic carbocycles. The zero-order valence-electron chi connectivity index (χ0n) is 16.3. The minimum Gasteiger partial charge on any atom is -0.379 e. The van der Waals surface area contributed by atoms with E-state index in [9.17, 15) is 4.79 Å². The summed E-state index contributed by atoms with van der Waals surface area (Å²) in [5.41, 5.74) is 3.75. The van der Waals surface area contributed by atoms with Crippen LogP contribution in [0.25, 0.3) is 16.9 Å². The summed E-state index contributed by atoms with van der Waals surface area (Å²) in [6.07, 6.45) is 6.20. The summed E-state index contributed by atoms with van der Waals surface area (Å²) < 4.78 is 9.06. The van der Waals surface area contributed by atoms with E-state index in [2.05, 4.69) is 20.5 Å². The number of aryl methyl sites for hydroxylation is 2. The molecule has 0 spiro atoms. The highest BCUT2D eigenvalue weighted by molar-refractivity contribution is 5.99. The molecule has 8 heteroatoms. The van der Waals surface area contributed by atoms with Gasteiger partial charge in [-0.05, 0) is 40.2 Å². The standard InChI is InChI=1S/C19H26N6O2/c1-5-24-12-16(14(4)23-24)17-7-9-20-18-15(11-22-25(17)18)19(26)21-8-6-10-27-13(2)3/h7,9,11-13H,5-6,8,10H2,1-4H3,(H,21,26). The van der Waals surface area contributed by atoms with Crippen molar-refractivity contribution < 1.29 is 9.53 Å². The molecule has 3 rings (SSSR count). The fourth-order valence-corrected chi connectivity index (χ4v) is 2.88. The van der Waals surface area contributed by atoms with Crippen LogP contribution in [0.2, 0.25) is 0 Å². The van der Waals surface area contributed by atoms with Crippen molar-refractivity contribution in [1.29, 1.82) is 0 Å². The summed E-state index contributed by atoms with van der Waals surface area (Å²) in [6.45, 7) is 9.95. The van der Waals surface area contributed by atoms with Gasteiger partial charge in [0.1, 0.15) is 5.56 Å². The Hall–Kier alpha value is -2.74. The lowest BCUT2D eigenvalue weighted by Crippen LogP contribution is -2.25. The second kappa shape index (κ2) is 8.30. The third-order valence-corrected chi connectivity index (χ3v) is 4.25. The first-order chi connectivity index (χ1) is 13.0.